The summed E-state index contributed by atoms with van der Waals surface area (Å²) in [6.45, 7) is 3.76. The summed E-state index contributed by atoms with van der Waals surface area (Å²) in [6.07, 6.45) is 0.981. The van der Waals surface area contributed by atoms with Gasteiger partial charge in [0.2, 0.25) is 0 Å². The highest BCUT2D eigenvalue weighted by Crippen LogP contribution is 2.17. The molecule has 1 saturated heterocycles. The molecule has 16 heavy (non-hydrogen) atoms. The normalized spacial score (nSPS) is 19.8. The summed E-state index contributed by atoms with van der Waals surface area (Å²) >= 11 is 6.03. The second kappa shape index (κ2) is 4.85. The van der Waals surface area contributed by atoms with E-state index < -0.39 is 0 Å². The van der Waals surface area contributed by atoms with Crippen LogP contribution in [0.5, 0.6) is 0 Å². The highest BCUT2D eigenvalue weighted by atomic mass is 35.5. The molecule has 1 aliphatic heterocycles. The van der Waals surface area contributed by atoms with Gasteiger partial charge in [0.1, 0.15) is 0 Å². The zero-order valence-electron chi connectivity index (χ0n) is 9.22. The van der Waals surface area contributed by atoms with Crippen molar-refractivity contribution in [2.45, 2.75) is 19.4 Å². The number of carbonyl (C=O) groups excluding carboxylic acids is 1. The largest absolute Gasteiger partial charge is 0.348 e. The van der Waals surface area contributed by atoms with E-state index in [4.69, 9.17) is 11.6 Å². The second-order valence-corrected chi connectivity index (χ2v) is 4.55. The third-order valence-corrected chi connectivity index (χ3v) is 3.08. The van der Waals surface area contributed by atoms with Gasteiger partial charge in [0, 0.05) is 12.6 Å². The van der Waals surface area contributed by atoms with Gasteiger partial charge in [-0.05, 0) is 37.6 Å². The Balaban J connectivity index is 2.08. The summed E-state index contributed by atoms with van der Waals surface area (Å²) in [4.78, 5) is 11.9. The summed E-state index contributed by atoms with van der Waals surface area (Å²) in [5.41, 5.74) is 1.61. The van der Waals surface area contributed by atoms with E-state index >= 15 is 0 Å². The van der Waals surface area contributed by atoms with Gasteiger partial charge in [-0.15, -0.1) is 0 Å². The Morgan fingerprint density at radius 1 is 1.56 bits per heavy atom. The summed E-state index contributed by atoms with van der Waals surface area (Å²) < 4.78 is 0. The van der Waals surface area contributed by atoms with Crippen molar-refractivity contribution in [3.63, 3.8) is 0 Å². The molecular formula is C12H15ClN2O. The standard InChI is InChI=1S/C12H15ClN2O/c1-8-2-3-10(11(13)6-8)12(16)15-9-4-5-14-7-9/h2-3,6,9,14H,4-5,7H2,1H3,(H,15,16)/t9-/m0/s1. The fraction of sp³-hybridized carbons (Fsp3) is 0.417. The van der Waals surface area contributed by atoms with Crippen LogP contribution in [0.25, 0.3) is 0 Å². The minimum Gasteiger partial charge on any atom is -0.348 e. The lowest BCUT2D eigenvalue weighted by Gasteiger charge is -2.12. The topological polar surface area (TPSA) is 41.1 Å². The fourth-order valence-corrected chi connectivity index (χ4v) is 2.17. The molecule has 1 aromatic carbocycles. The van der Waals surface area contributed by atoms with Crippen LogP contribution in [0, 0.1) is 6.92 Å². The molecule has 1 fully saturated rings. The molecule has 2 rings (SSSR count). The number of aryl methyl sites for hydroxylation is 1. The molecule has 3 nitrogen and oxygen atoms in total. The first kappa shape index (κ1) is 11.4. The van der Waals surface area contributed by atoms with Gasteiger partial charge in [0.05, 0.1) is 10.6 Å². The van der Waals surface area contributed by atoms with Crippen LogP contribution in [0.1, 0.15) is 22.3 Å². The lowest BCUT2D eigenvalue weighted by atomic mass is 10.1. The molecule has 0 aromatic heterocycles. The fourth-order valence-electron chi connectivity index (χ4n) is 1.85. The average molecular weight is 239 g/mol. The van der Waals surface area contributed by atoms with Gasteiger partial charge < -0.3 is 10.6 Å². The average Bonchev–Trinajstić information content (AvgIpc) is 2.70. The first-order valence-electron chi connectivity index (χ1n) is 5.44. The Labute approximate surface area is 100 Å². The number of amides is 1. The number of halogens is 1. The summed E-state index contributed by atoms with van der Waals surface area (Å²) in [5, 5.41) is 6.69. The van der Waals surface area contributed by atoms with E-state index in [0.717, 1.165) is 25.1 Å². The van der Waals surface area contributed by atoms with Crippen molar-refractivity contribution >= 4 is 17.5 Å². The molecule has 1 amide bonds. The van der Waals surface area contributed by atoms with Gasteiger partial charge >= 0.3 is 0 Å². The molecule has 1 aromatic rings. The highest BCUT2D eigenvalue weighted by molar-refractivity contribution is 6.33. The minimum atomic E-state index is -0.0845. The molecule has 0 radical (unpaired) electrons. The van der Waals surface area contributed by atoms with E-state index in [-0.39, 0.29) is 11.9 Å². The van der Waals surface area contributed by atoms with Crippen molar-refractivity contribution in [2.75, 3.05) is 13.1 Å². The number of carbonyl (C=O) groups is 1. The Bertz CT molecular complexity index is 400. The predicted molar refractivity (Wildman–Crippen MR) is 64.9 cm³/mol. The molecule has 0 spiro atoms. The van der Waals surface area contributed by atoms with Crippen LogP contribution in [-0.4, -0.2) is 25.0 Å². The molecule has 1 atom stereocenters. The SMILES string of the molecule is Cc1ccc(C(=O)N[C@H]2CCNC2)c(Cl)c1. The van der Waals surface area contributed by atoms with E-state index in [1.807, 2.05) is 19.1 Å². The number of nitrogens with one attached hydrogen (secondary N) is 2. The first-order valence-corrected chi connectivity index (χ1v) is 5.82. The Hall–Kier alpha value is -1.06. The lowest BCUT2D eigenvalue weighted by molar-refractivity contribution is 0.0940. The highest BCUT2D eigenvalue weighted by Gasteiger charge is 2.18. The molecule has 0 saturated carbocycles. The third kappa shape index (κ3) is 2.54. The quantitative estimate of drug-likeness (QED) is 0.824. The van der Waals surface area contributed by atoms with Gasteiger partial charge in [0.25, 0.3) is 5.91 Å². The van der Waals surface area contributed by atoms with E-state index in [0.29, 0.717) is 10.6 Å². The van der Waals surface area contributed by atoms with Crippen LogP contribution in [0.4, 0.5) is 0 Å². The zero-order chi connectivity index (χ0) is 11.5. The van der Waals surface area contributed by atoms with Crippen LogP contribution in [0.15, 0.2) is 18.2 Å². The molecule has 1 aliphatic rings. The third-order valence-electron chi connectivity index (χ3n) is 2.76. The lowest BCUT2D eigenvalue weighted by Crippen LogP contribution is -2.36. The number of hydrogen-bond acceptors (Lipinski definition) is 2. The molecular weight excluding hydrogens is 224 g/mol. The number of hydrogen-bond donors (Lipinski definition) is 2. The van der Waals surface area contributed by atoms with Crippen molar-refractivity contribution in [2.24, 2.45) is 0 Å². The molecule has 0 aliphatic carbocycles. The van der Waals surface area contributed by atoms with E-state index in [2.05, 4.69) is 10.6 Å². The van der Waals surface area contributed by atoms with Crippen LogP contribution in [0.2, 0.25) is 5.02 Å². The van der Waals surface area contributed by atoms with Gasteiger partial charge in [-0.25, -0.2) is 0 Å². The Morgan fingerprint density at radius 3 is 3.00 bits per heavy atom. The Kier molecular flexibility index (Phi) is 3.46. The first-order chi connectivity index (χ1) is 7.66. The second-order valence-electron chi connectivity index (χ2n) is 4.15. The smallest absolute Gasteiger partial charge is 0.253 e. The van der Waals surface area contributed by atoms with Crippen LogP contribution in [-0.2, 0) is 0 Å². The van der Waals surface area contributed by atoms with Gasteiger partial charge in [-0.1, -0.05) is 17.7 Å². The van der Waals surface area contributed by atoms with Crippen molar-refractivity contribution in [1.29, 1.82) is 0 Å². The molecule has 4 heteroatoms. The Morgan fingerprint density at radius 2 is 2.38 bits per heavy atom. The molecule has 0 unspecified atom stereocenters. The van der Waals surface area contributed by atoms with Crippen molar-refractivity contribution < 1.29 is 4.79 Å². The minimum absolute atomic E-state index is 0.0845. The maximum absolute atomic E-state index is 11.9. The summed E-state index contributed by atoms with van der Waals surface area (Å²) in [5.74, 6) is -0.0845. The van der Waals surface area contributed by atoms with Crippen molar-refractivity contribution in [3.05, 3.63) is 34.3 Å². The molecule has 0 bridgehead atoms. The maximum Gasteiger partial charge on any atom is 0.253 e. The summed E-state index contributed by atoms with van der Waals surface area (Å²) in [6, 6.07) is 5.71. The van der Waals surface area contributed by atoms with Gasteiger partial charge in [-0.2, -0.15) is 0 Å². The molecule has 1 heterocycles. The maximum atomic E-state index is 11.9. The van der Waals surface area contributed by atoms with Crippen LogP contribution >= 0.6 is 11.6 Å². The number of benzene rings is 1. The monoisotopic (exact) mass is 238 g/mol. The van der Waals surface area contributed by atoms with E-state index in [9.17, 15) is 4.79 Å². The van der Waals surface area contributed by atoms with E-state index in [1.165, 1.54) is 0 Å². The van der Waals surface area contributed by atoms with E-state index in [1.54, 1.807) is 6.07 Å². The predicted octanol–water partition coefficient (Wildman–Crippen LogP) is 1.74. The molecule has 86 valence electrons. The van der Waals surface area contributed by atoms with Crippen molar-refractivity contribution in [3.8, 4) is 0 Å². The number of rotatable bonds is 2. The van der Waals surface area contributed by atoms with Crippen molar-refractivity contribution in [1.82, 2.24) is 10.6 Å². The van der Waals surface area contributed by atoms with Crippen LogP contribution < -0.4 is 10.6 Å². The van der Waals surface area contributed by atoms with Crippen LogP contribution in [0.3, 0.4) is 0 Å². The molecule has 2 N–H and O–H groups in total. The summed E-state index contributed by atoms with van der Waals surface area (Å²) in [7, 11) is 0. The zero-order valence-corrected chi connectivity index (χ0v) is 9.97. The van der Waals surface area contributed by atoms with Gasteiger partial charge in [0.15, 0.2) is 0 Å². The van der Waals surface area contributed by atoms with Gasteiger partial charge in [-0.3, -0.25) is 4.79 Å².